The average molecular weight is 437 g/mol. The lowest BCUT2D eigenvalue weighted by Gasteiger charge is -2.21. The van der Waals surface area contributed by atoms with E-state index in [4.69, 9.17) is 0 Å². The van der Waals surface area contributed by atoms with Gasteiger partial charge in [0, 0.05) is 48.9 Å². The molecule has 32 heavy (non-hydrogen) atoms. The van der Waals surface area contributed by atoms with Crippen LogP contribution in [-0.2, 0) is 18.3 Å². The monoisotopic (exact) mass is 436 g/mol. The van der Waals surface area contributed by atoms with Crippen LogP contribution < -0.4 is 15.8 Å². The van der Waals surface area contributed by atoms with E-state index in [2.05, 4.69) is 39.7 Å². The minimum absolute atomic E-state index is 0.245. The number of pyridine rings is 1. The Morgan fingerprint density at radius 2 is 1.66 bits per heavy atom. The van der Waals surface area contributed by atoms with Crippen molar-refractivity contribution < 1.29 is 9.59 Å². The second-order valence-corrected chi connectivity index (χ2v) is 7.93. The first kappa shape index (κ1) is 23.2. The van der Waals surface area contributed by atoms with Crippen LogP contribution >= 0.6 is 0 Å². The number of carbonyl (C=O) groups is 2. The van der Waals surface area contributed by atoms with Crippen LogP contribution in [0.1, 0.15) is 53.1 Å². The van der Waals surface area contributed by atoms with E-state index >= 15 is 0 Å². The minimum Gasteiger partial charge on any atom is -0.372 e. The zero-order chi connectivity index (χ0) is 23.4. The van der Waals surface area contributed by atoms with Crippen molar-refractivity contribution in [3.63, 3.8) is 0 Å². The Balaban J connectivity index is 1.59. The second-order valence-electron chi connectivity index (χ2n) is 7.93. The Labute approximate surface area is 189 Å². The van der Waals surface area contributed by atoms with Crippen LogP contribution in [-0.4, -0.2) is 39.7 Å². The number of nitrogens with zero attached hydrogens (tertiary/aromatic N) is 4. The topological polar surface area (TPSA) is 92.2 Å². The van der Waals surface area contributed by atoms with Gasteiger partial charge in [0.25, 0.3) is 5.91 Å². The Hall–Kier alpha value is -3.42. The molecule has 8 heteroatoms. The summed E-state index contributed by atoms with van der Waals surface area (Å²) in [6.07, 6.45) is 0.782. The van der Waals surface area contributed by atoms with Gasteiger partial charge < -0.3 is 4.90 Å². The molecule has 0 fully saturated rings. The Bertz CT molecular complexity index is 1130. The van der Waals surface area contributed by atoms with Crippen LogP contribution in [0.3, 0.4) is 0 Å². The summed E-state index contributed by atoms with van der Waals surface area (Å²) in [6.45, 7) is 11.9. The van der Waals surface area contributed by atoms with Crippen molar-refractivity contribution >= 4 is 28.5 Å². The quantitative estimate of drug-likeness (QED) is 0.555. The summed E-state index contributed by atoms with van der Waals surface area (Å²) in [5, 5.41) is 5.49. The van der Waals surface area contributed by atoms with Crippen LogP contribution in [0, 0.1) is 20.8 Å². The normalized spacial score (nSPS) is 10.9. The zero-order valence-corrected chi connectivity index (χ0v) is 19.7. The van der Waals surface area contributed by atoms with Gasteiger partial charge >= 0.3 is 0 Å². The lowest BCUT2D eigenvalue weighted by atomic mass is 9.99. The van der Waals surface area contributed by atoms with Gasteiger partial charge in [0.2, 0.25) is 5.91 Å². The standard InChI is InChI=1S/C24H32N6O2/c1-7-30(8-2)19-11-9-18(10-12-19)24(32)27-26-21(31)14-13-20-15(3)22-17(5)28-29(6)23(22)25-16(20)4/h9-12H,7-8,13-14H2,1-6H3,(H,26,31)(H,27,32). The maximum atomic E-state index is 12.4. The fourth-order valence-electron chi connectivity index (χ4n) is 4.14. The third-order valence-corrected chi connectivity index (χ3v) is 5.91. The number of anilines is 1. The zero-order valence-electron chi connectivity index (χ0n) is 19.7. The van der Waals surface area contributed by atoms with Gasteiger partial charge in [-0.2, -0.15) is 5.10 Å². The fraction of sp³-hybridized carbons (Fsp3) is 0.417. The van der Waals surface area contributed by atoms with Crippen molar-refractivity contribution in [2.45, 2.75) is 47.5 Å². The number of amides is 2. The molecular formula is C24H32N6O2. The Kier molecular flexibility index (Phi) is 7.12. The first-order valence-corrected chi connectivity index (χ1v) is 11.0. The van der Waals surface area contributed by atoms with Gasteiger partial charge in [-0.05, 0) is 76.4 Å². The third kappa shape index (κ3) is 4.74. The molecule has 3 aromatic rings. The summed E-state index contributed by atoms with van der Waals surface area (Å²) >= 11 is 0. The molecule has 3 rings (SSSR count). The second kappa shape index (κ2) is 9.80. The van der Waals surface area contributed by atoms with Crippen LogP contribution in [0.4, 0.5) is 5.69 Å². The van der Waals surface area contributed by atoms with Crippen molar-refractivity contribution in [1.29, 1.82) is 0 Å². The Morgan fingerprint density at radius 3 is 2.28 bits per heavy atom. The van der Waals surface area contributed by atoms with Crippen molar-refractivity contribution in [3.8, 4) is 0 Å². The maximum Gasteiger partial charge on any atom is 0.269 e. The van der Waals surface area contributed by atoms with Gasteiger partial charge in [-0.1, -0.05) is 0 Å². The number of aryl methyl sites for hydroxylation is 4. The minimum atomic E-state index is -0.342. The highest BCUT2D eigenvalue weighted by molar-refractivity contribution is 5.95. The molecule has 1 aromatic carbocycles. The molecule has 0 bridgehead atoms. The number of hydrogen-bond donors (Lipinski definition) is 2. The highest BCUT2D eigenvalue weighted by Crippen LogP contribution is 2.26. The van der Waals surface area contributed by atoms with Gasteiger partial charge in [-0.25, -0.2) is 4.98 Å². The predicted molar refractivity (Wildman–Crippen MR) is 127 cm³/mol. The maximum absolute atomic E-state index is 12.4. The molecule has 0 saturated heterocycles. The summed E-state index contributed by atoms with van der Waals surface area (Å²) in [4.78, 5) is 31.6. The molecule has 0 aliphatic carbocycles. The number of hydrogen-bond acceptors (Lipinski definition) is 5. The summed E-state index contributed by atoms with van der Waals surface area (Å²) < 4.78 is 1.78. The van der Waals surface area contributed by atoms with Crippen LogP contribution in [0.15, 0.2) is 24.3 Å². The van der Waals surface area contributed by atoms with Gasteiger partial charge in [-0.3, -0.25) is 25.1 Å². The molecule has 2 heterocycles. The van der Waals surface area contributed by atoms with E-state index in [0.717, 1.165) is 52.3 Å². The van der Waals surface area contributed by atoms with Crippen LogP contribution in [0.25, 0.3) is 11.0 Å². The fourth-order valence-corrected chi connectivity index (χ4v) is 4.14. The van der Waals surface area contributed by atoms with Crippen molar-refractivity contribution in [2.24, 2.45) is 7.05 Å². The van der Waals surface area contributed by atoms with Crippen LogP contribution in [0.5, 0.6) is 0 Å². The summed E-state index contributed by atoms with van der Waals surface area (Å²) in [7, 11) is 1.88. The van der Waals surface area contributed by atoms with E-state index in [9.17, 15) is 9.59 Å². The number of nitrogens with one attached hydrogen (secondary N) is 2. The smallest absolute Gasteiger partial charge is 0.269 e. The molecule has 0 unspecified atom stereocenters. The van der Waals surface area contributed by atoms with E-state index in [0.29, 0.717) is 12.0 Å². The van der Waals surface area contributed by atoms with Crippen molar-refractivity contribution in [3.05, 3.63) is 52.3 Å². The summed E-state index contributed by atoms with van der Waals surface area (Å²) in [5.74, 6) is -0.592. The molecule has 0 aliphatic rings. The van der Waals surface area contributed by atoms with E-state index in [-0.39, 0.29) is 18.2 Å². The first-order valence-electron chi connectivity index (χ1n) is 11.0. The number of carbonyl (C=O) groups excluding carboxylic acids is 2. The average Bonchev–Trinajstić information content (AvgIpc) is 3.06. The predicted octanol–water partition coefficient (Wildman–Crippen LogP) is 3.13. The largest absolute Gasteiger partial charge is 0.372 e. The van der Waals surface area contributed by atoms with Gasteiger partial charge in [0.1, 0.15) is 0 Å². The molecule has 0 radical (unpaired) electrons. The molecule has 0 atom stereocenters. The molecule has 2 amide bonds. The van der Waals surface area contributed by atoms with Gasteiger partial charge in [0.05, 0.1) is 5.69 Å². The van der Waals surface area contributed by atoms with E-state index in [1.165, 1.54) is 0 Å². The number of fused-ring (bicyclic) bond motifs is 1. The number of rotatable bonds is 7. The van der Waals surface area contributed by atoms with E-state index in [1.807, 2.05) is 40.0 Å². The lowest BCUT2D eigenvalue weighted by molar-refractivity contribution is -0.121. The molecule has 2 N–H and O–H groups in total. The Morgan fingerprint density at radius 1 is 1.00 bits per heavy atom. The number of benzene rings is 1. The lowest BCUT2D eigenvalue weighted by Crippen LogP contribution is -2.41. The molecule has 0 spiro atoms. The van der Waals surface area contributed by atoms with E-state index in [1.54, 1.807) is 16.8 Å². The summed E-state index contributed by atoms with van der Waals surface area (Å²) in [6, 6.07) is 7.36. The first-order chi connectivity index (χ1) is 15.3. The van der Waals surface area contributed by atoms with Gasteiger partial charge in [0.15, 0.2) is 5.65 Å². The highest BCUT2D eigenvalue weighted by atomic mass is 16.2. The molecule has 8 nitrogen and oxygen atoms in total. The molecule has 2 aromatic heterocycles. The number of hydrazine groups is 1. The SMILES string of the molecule is CCN(CC)c1ccc(C(=O)NNC(=O)CCc2c(C)nc3c(c(C)nn3C)c2C)cc1. The highest BCUT2D eigenvalue weighted by Gasteiger charge is 2.16. The van der Waals surface area contributed by atoms with Crippen LogP contribution in [0.2, 0.25) is 0 Å². The molecular weight excluding hydrogens is 404 g/mol. The molecule has 0 saturated carbocycles. The summed E-state index contributed by atoms with van der Waals surface area (Å²) in [5.41, 5.74) is 11.4. The van der Waals surface area contributed by atoms with Gasteiger partial charge in [-0.15, -0.1) is 0 Å². The molecule has 170 valence electrons. The molecule has 0 aliphatic heterocycles. The van der Waals surface area contributed by atoms with Crippen molar-refractivity contribution in [1.82, 2.24) is 25.6 Å². The van der Waals surface area contributed by atoms with Crippen molar-refractivity contribution in [2.75, 3.05) is 18.0 Å². The third-order valence-electron chi connectivity index (χ3n) is 5.91. The van der Waals surface area contributed by atoms with E-state index < -0.39 is 0 Å². The number of aromatic nitrogens is 3.